The first kappa shape index (κ1) is 15.3. The van der Waals surface area contributed by atoms with Crippen LogP contribution in [0.25, 0.3) is 0 Å². The van der Waals surface area contributed by atoms with E-state index in [1.54, 1.807) is 24.3 Å². The Balaban J connectivity index is 2.25. The topological polar surface area (TPSA) is 55.2 Å². The molecule has 0 spiro atoms. The molecule has 0 amide bonds. The van der Waals surface area contributed by atoms with E-state index < -0.39 is 4.92 Å². The second-order valence-electron chi connectivity index (χ2n) is 4.32. The number of nitro groups is 1. The Morgan fingerprint density at radius 3 is 2.67 bits per heavy atom. The van der Waals surface area contributed by atoms with Crippen LogP contribution in [-0.4, -0.2) is 11.5 Å². The average Bonchev–Trinajstić information content (AvgIpc) is 2.47. The maximum Gasteiger partial charge on any atom is 0.292 e. The molecule has 0 unspecified atom stereocenters. The van der Waals surface area contributed by atoms with Crippen molar-refractivity contribution >= 4 is 23.1 Å². The molecule has 2 aromatic carbocycles. The van der Waals surface area contributed by atoms with Crippen LogP contribution in [0.2, 0.25) is 0 Å². The molecular weight excluding hydrogens is 291 g/mol. The molecule has 21 heavy (non-hydrogen) atoms. The van der Waals surface area contributed by atoms with Crippen molar-refractivity contribution in [2.45, 2.75) is 17.6 Å². The summed E-state index contributed by atoms with van der Waals surface area (Å²) in [5, 5.41) is 14.1. The van der Waals surface area contributed by atoms with Gasteiger partial charge in [0, 0.05) is 23.3 Å². The van der Waals surface area contributed by atoms with Gasteiger partial charge in [-0.3, -0.25) is 10.1 Å². The van der Waals surface area contributed by atoms with Crippen LogP contribution in [0, 0.1) is 15.9 Å². The van der Waals surface area contributed by atoms with E-state index in [-0.39, 0.29) is 11.5 Å². The second-order valence-corrected chi connectivity index (χ2v) is 5.33. The number of nitro benzene ring substituents is 1. The van der Waals surface area contributed by atoms with Crippen LogP contribution >= 0.6 is 11.8 Å². The highest BCUT2D eigenvalue weighted by Crippen LogP contribution is 2.33. The van der Waals surface area contributed by atoms with Crippen LogP contribution < -0.4 is 5.32 Å². The molecule has 0 radical (unpaired) electrons. The molecule has 0 fully saturated rings. The molecule has 6 heteroatoms. The number of benzene rings is 2. The summed E-state index contributed by atoms with van der Waals surface area (Å²) in [6, 6.07) is 11.4. The number of para-hydroxylation sites is 1. The summed E-state index contributed by atoms with van der Waals surface area (Å²) in [5.41, 5.74) is 1.34. The van der Waals surface area contributed by atoms with Crippen molar-refractivity contribution < 1.29 is 9.31 Å². The van der Waals surface area contributed by atoms with Crippen molar-refractivity contribution in [1.82, 2.24) is 0 Å². The summed E-state index contributed by atoms with van der Waals surface area (Å²) in [7, 11) is 0. The Morgan fingerprint density at radius 2 is 2.00 bits per heavy atom. The number of halogens is 1. The van der Waals surface area contributed by atoms with Crippen molar-refractivity contribution in [1.29, 1.82) is 0 Å². The molecule has 2 aromatic rings. The maximum atomic E-state index is 13.6. The Bertz CT molecular complexity index is 649. The third kappa shape index (κ3) is 3.72. The van der Waals surface area contributed by atoms with E-state index in [2.05, 4.69) is 5.32 Å². The minimum Gasteiger partial charge on any atom is -0.380 e. The smallest absolute Gasteiger partial charge is 0.292 e. The molecule has 1 N–H and O–H groups in total. The highest BCUT2D eigenvalue weighted by Gasteiger charge is 2.17. The molecule has 0 aliphatic carbocycles. The maximum absolute atomic E-state index is 13.6. The summed E-state index contributed by atoms with van der Waals surface area (Å²) in [4.78, 5) is 11.2. The Hall–Kier alpha value is -2.08. The van der Waals surface area contributed by atoms with Gasteiger partial charge < -0.3 is 5.32 Å². The lowest BCUT2D eigenvalue weighted by Gasteiger charge is -2.11. The first-order valence-electron chi connectivity index (χ1n) is 6.51. The molecule has 110 valence electrons. The molecule has 0 aromatic heterocycles. The third-order valence-electron chi connectivity index (χ3n) is 2.90. The van der Waals surface area contributed by atoms with E-state index in [4.69, 9.17) is 0 Å². The third-order valence-corrected chi connectivity index (χ3v) is 4.00. The van der Waals surface area contributed by atoms with E-state index >= 15 is 0 Å². The van der Waals surface area contributed by atoms with Gasteiger partial charge in [-0.1, -0.05) is 24.3 Å². The van der Waals surface area contributed by atoms with Crippen LogP contribution in [0.15, 0.2) is 47.4 Å². The number of nitrogens with one attached hydrogen (secondary N) is 1. The fourth-order valence-electron chi connectivity index (χ4n) is 1.96. The molecule has 0 heterocycles. The van der Waals surface area contributed by atoms with Crippen molar-refractivity contribution in [2.24, 2.45) is 0 Å². The molecule has 0 atom stereocenters. The number of anilines is 1. The number of thioether (sulfide) groups is 1. The lowest BCUT2D eigenvalue weighted by atomic mass is 10.1. The SMILES string of the molecule is CCNc1c(CSc2ccccc2F)cccc1[N+](=O)[O-]. The fourth-order valence-corrected chi connectivity index (χ4v) is 2.89. The summed E-state index contributed by atoms with van der Waals surface area (Å²) in [6.07, 6.45) is 0. The predicted molar refractivity (Wildman–Crippen MR) is 83.2 cm³/mol. The van der Waals surface area contributed by atoms with Crippen LogP contribution in [-0.2, 0) is 5.75 Å². The van der Waals surface area contributed by atoms with Crippen LogP contribution in [0.5, 0.6) is 0 Å². The largest absolute Gasteiger partial charge is 0.380 e. The van der Waals surface area contributed by atoms with Gasteiger partial charge in [-0.15, -0.1) is 11.8 Å². The van der Waals surface area contributed by atoms with Gasteiger partial charge in [0.15, 0.2) is 0 Å². The van der Waals surface area contributed by atoms with Crippen molar-refractivity contribution in [3.8, 4) is 0 Å². The highest BCUT2D eigenvalue weighted by atomic mass is 32.2. The molecular formula is C15H15FN2O2S. The van der Waals surface area contributed by atoms with Gasteiger partial charge in [-0.2, -0.15) is 0 Å². The zero-order chi connectivity index (χ0) is 15.2. The van der Waals surface area contributed by atoms with Gasteiger partial charge >= 0.3 is 0 Å². The molecule has 2 rings (SSSR count). The summed E-state index contributed by atoms with van der Waals surface area (Å²) in [6.45, 7) is 2.47. The minimum atomic E-state index is -0.407. The van der Waals surface area contributed by atoms with Crippen molar-refractivity contribution in [3.05, 3.63) is 64.0 Å². The number of hydrogen-bond donors (Lipinski definition) is 1. The first-order valence-corrected chi connectivity index (χ1v) is 7.49. The Morgan fingerprint density at radius 1 is 1.24 bits per heavy atom. The lowest BCUT2D eigenvalue weighted by molar-refractivity contribution is -0.384. The minimum absolute atomic E-state index is 0.0449. The van der Waals surface area contributed by atoms with Crippen molar-refractivity contribution in [2.75, 3.05) is 11.9 Å². The van der Waals surface area contributed by atoms with Gasteiger partial charge in [0.2, 0.25) is 0 Å². The predicted octanol–water partition coefficient (Wildman–Crippen LogP) is 4.46. The van der Waals surface area contributed by atoms with Gasteiger partial charge in [-0.05, 0) is 24.6 Å². The zero-order valence-electron chi connectivity index (χ0n) is 11.5. The van der Waals surface area contributed by atoms with E-state index in [0.717, 1.165) is 5.56 Å². The first-order chi connectivity index (χ1) is 10.1. The van der Waals surface area contributed by atoms with Crippen LogP contribution in [0.3, 0.4) is 0 Å². The van der Waals surface area contributed by atoms with Gasteiger partial charge in [0.25, 0.3) is 5.69 Å². The van der Waals surface area contributed by atoms with Gasteiger partial charge in [0.05, 0.1) is 4.92 Å². The number of hydrogen-bond acceptors (Lipinski definition) is 4. The van der Waals surface area contributed by atoms with E-state index in [1.807, 2.05) is 13.0 Å². The van der Waals surface area contributed by atoms with Gasteiger partial charge in [0.1, 0.15) is 11.5 Å². The quantitative estimate of drug-likeness (QED) is 0.486. The summed E-state index contributed by atoms with van der Waals surface area (Å²) in [5.74, 6) is 0.184. The fraction of sp³-hybridized carbons (Fsp3) is 0.200. The summed E-state index contributed by atoms with van der Waals surface area (Å²) >= 11 is 1.32. The van der Waals surface area contributed by atoms with E-state index in [1.165, 1.54) is 23.9 Å². The van der Waals surface area contributed by atoms with Crippen LogP contribution in [0.4, 0.5) is 15.8 Å². The van der Waals surface area contributed by atoms with Gasteiger partial charge in [-0.25, -0.2) is 4.39 Å². The lowest BCUT2D eigenvalue weighted by Crippen LogP contribution is -2.04. The molecule has 4 nitrogen and oxygen atoms in total. The number of rotatable bonds is 6. The Labute approximate surface area is 126 Å². The Kier molecular flexibility index (Phi) is 5.16. The molecule has 0 bridgehead atoms. The average molecular weight is 306 g/mol. The normalized spacial score (nSPS) is 10.4. The second kappa shape index (κ2) is 7.08. The monoisotopic (exact) mass is 306 g/mol. The zero-order valence-corrected chi connectivity index (χ0v) is 12.3. The molecule has 0 saturated heterocycles. The van der Waals surface area contributed by atoms with Crippen molar-refractivity contribution in [3.63, 3.8) is 0 Å². The number of nitrogens with zero attached hydrogens (tertiary/aromatic N) is 1. The molecule has 0 aliphatic rings. The van der Waals surface area contributed by atoms with E-state index in [0.29, 0.717) is 22.9 Å². The standard InChI is InChI=1S/C15H15FN2O2S/c1-2-17-15-11(6-5-8-13(15)18(19)20)10-21-14-9-4-3-7-12(14)16/h3-9,17H,2,10H2,1H3. The highest BCUT2D eigenvalue weighted by molar-refractivity contribution is 7.98. The summed E-state index contributed by atoms with van der Waals surface area (Å²) < 4.78 is 13.6. The molecule has 0 saturated carbocycles. The van der Waals surface area contributed by atoms with Crippen LogP contribution in [0.1, 0.15) is 12.5 Å². The molecule has 0 aliphatic heterocycles. The van der Waals surface area contributed by atoms with E-state index in [9.17, 15) is 14.5 Å².